The number of rotatable bonds is 9. The Kier molecular flexibility index (Phi) is 8.66. The third-order valence-corrected chi connectivity index (χ3v) is 4.90. The lowest BCUT2D eigenvalue weighted by atomic mass is 10.1. The van der Waals surface area contributed by atoms with Crippen molar-refractivity contribution < 1.29 is 33.3 Å². The van der Waals surface area contributed by atoms with E-state index in [9.17, 15) is 14.4 Å². The zero-order valence-electron chi connectivity index (χ0n) is 19.6. The minimum Gasteiger partial charge on any atom is -0.497 e. The highest BCUT2D eigenvalue weighted by atomic mass is 16.7. The lowest BCUT2D eigenvalue weighted by molar-refractivity contribution is 0.0949. The van der Waals surface area contributed by atoms with Crippen molar-refractivity contribution >= 4 is 23.7 Å². The van der Waals surface area contributed by atoms with Gasteiger partial charge in [0.2, 0.25) is 0 Å². The van der Waals surface area contributed by atoms with Gasteiger partial charge in [0.15, 0.2) is 0 Å². The molecule has 3 rings (SSSR count). The Morgan fingerprint density at radius 1 is 0.771 bits per heavy atom. The van der Waals surface area contributed by atoms with Crippen LogP contribution in [-0.2, 0) is 11.3 Å². The van der Waals surface area contributed by atoms with E-state index < -0.39 is 6.16 Å². The average molecular weight is 479 g/mol. The summed E-state index contributed by atoms with van der Waals surface area (Å²) >= 11 is 0. The van der Waals surface area contributed by atoms with Crippen LogP contribution in [0.5, 0.6) is 17.2 Å². The fourth-order valence-corrected chi connectivity index (χ4v) is 3.12. The van der Waals surface area contributed by atoms with Crippen molar-refractivity contribution in [1.82, 2.24) is 5.32 Å². The van der Waals surface area contributed by atoms with Crippen molar-refractivity contribution in [3.8, 4) is 17.2 Å². The van der Waals surface area contributed by atoms with Crippen LogP contribution in [-0.4, -0.2) is 38.8 Å². The molecule has 0 aliphatic carbocycles. The summed E-state index contributed by atoms with van der Waals surface area (Å²) in [6.45, 7) is 2.06. The molecule has 0 aromatic heterocycles. The van der Waals surface area contributed by atoms with E-state index in [0.717, 1.165) is 0 Å². The molecule has 0 atom stereocenters. The topological polar surface area (TPSA) is 112 Å². The molecule has 0 saturated heterocycles. The van der Waals surface area contributed by atoms with Crippen molar-refractivity contribution in [2.75, 3.05) is 26.1 Å². The summed E-state index contributed by atoms with van der Waals surface area (Å²) < 4.78 is 20.1. The molecule has 35 heavy (non-hydrogen) atoms. The first-order chi connectivity index (χ1) is 16.9. The van der Waals surface area contributed by atoms with E-state index in [1.54, 1.807) is 43.3 Å². The third-order valence-electron chi connectivity index (χ3n) is 4.90. The number of hydrogen-bond donors (Lipinski definition) is 2. The van der Waals surface area contributed by atoms with Crippen LogP contribution >= 0.6 is 0 Å². The Bertz CT molecular complexity index is 1170. The molecule has 0 heterocycles. The quantitative estimate of drug-likeness (QED) is 0.346. The molecule has 0 saturated carbocycles. The predicted octanol–water partition coefficient (Wildman–Crippen LogP) is 4.42. The molecule has 3 aromatic rings. The van der Waals surface area contributed by atoms with Crippen molar-refractivity contribution in [1.29, 1.82) is 0 Å². The van der Waals surface area contributed by atoms with Crippen LogP contribution < -0.4 is 24.8 Å². The Hall–Kier alpha value is -4.53. The summed E-state index contributed by atoms with van der Waals surface area (Å²) in [7, 11) is 3.02. The summed E-state index contributed by atoms with van der Waals surface area (Å²) in [5, 5.41) is 5.69. The van der Waals surface area contributed by atoms with E-state index in [1.807, 2.05) is 6.07 Å². The number of benzene rings is 3. The number of para-hydroxylation sites is 1. The molecule has 2 N–H and O–H groups in total. The van der Waals surface area contributed by atoms with E-state index in [-0.39, 0.29) is 30.7 Å². The second-order valence-electron chi connectivity index (χ2n) is 7.20. The van der Waals surface area contributed by atoms with Crippen LogP contribution in [0.3, 0.4) is 0 Å². The first-order valence-corrected chi connectivity index (χ1v) is 10.8. The molecule has 0 unspecified atom stereocenters. The number of carbonyl (C=O) groups is 3. The number of carbonyl (C=O) groups excluding carboxylic acids is 3. The highest BCUT2D eigenvalue weighted by Crippen LogP contribution is 2.23. The van der Waals surface area contributed by atoms with Crippen LogP contribution in [0, 0.1) is 0 Å². The monoisotopic (exact) mass is 478 g/mol. The van der Waals surface area contributed by atoms with Gasteiger partial charge in [-0.2, -0.15) is 0 Å². The third kappa shape index (κ3) is 6.97. The molecule has 2 amide bonds. The maximum Gasteiger partial charge on any atom is 0.513 e. The maximum atomic E-state index is 12.7. The fraction of sp³-hybridized carbons (Fsp3) is 0.192. The Morgan fingerprint density at radius 3 is 2.06 bits per heavy atom. The average Bonchev–Trinajstić information content (AvgIpc) is 2.88. The van der Waals surface area contributed by atoms with Gasteiger partial charge in [0.25, 0.3) is 11.8 Å². The second kappa shape index (κ2) is 12.1. The highest BCUT2D eigenvalue weighted by molar-refractivity contribution is 6.04. The number of methoxy groups -OCH3 is 2. The normalized spacial score (nSPS) is 10.1. The molecule has 182 valence electrons. The molecule has 0 spiro atoms. The van der Waals surface area contributed by atoms with Gasteiger partial charge >= 0.3 is 6.16 Å². The SMILES string of the molecule is CCOC(=O)Oc1ccc(C(=O)Nc2ccccc2CNC(=O)c2cc(OC)cc(OC)c2)cc1. The molecule has 0 fully saturated rings. The molecule has 0 radical (unpaired) electrons. The molecule has 0 bridgehead atoms. The Labute approximate surface area is 203 Å². The number of ether oxygens (including phenoxy) is 4. The van der Waals surface area contributed by atoms with Crippen molar-refractivity contribution in [2.45, 2.75) is 13.5 Å². The molecular formula is C26H26N2O7. The number of anilines is 1. The van der Waals surface area contributed by atoms with Gasteiger partial charge in [-0.05, 0) is 55.0 Å². The minimum atomic E-state index is -0.812. The minimum absolute atomic E-state index is 0.182. The van der Waals surface area contributed by atoms with Gasteiger partial charge in [0.05, 0.1) is 20.8 Å². The lowest BCUT2D eigenvalue weighted by Crippen LogP contribution is -2.24. The maximum absolute atomic E-state index is 12.7. The Balaban J connectivity index is 1.65. The summed E-state index contributed by atoms with van der Waals surface area (Å²) in [5.41, 5.74) is 2.01. The van der Waals surface area contributed by atoms with Crippen LogP contribution in [0.2, 0.25) is 0 Å². The zero-order valence-corrected chi connectivity index (χ0v) is 19.6. The van der Waals surface area contributed by atoms with Gasteiger partial charge in [-0.15, -0.1) is 0 Å². The molecular weight excluding hydrogens is 452 g/mol. The predicted molar refractivity (Wildman–Crippen MR) is 129 cm³/mol. The van der Waals surface area contributed by atoms with Gasteiger partial charge in [-0.1, -0.05) is 18.2 Å². The standard InChI is InChI=1S/C26H26N2O7/c1-4-34-26(31)35-20-11-9-17(10-12-20)25(30)28-23-8-6-5-7-18(23)16-27-24(29)19-13-21(32-2)15-22(14-19)33-3/h5-15H,4,16H2,1-3H3,(H,27,29)(H,28,30). The van der Waals surface area contributed by atoms with E-state index in [1.165, 1.54) is 38.5 Å². The Morgan fingerprint density at radius 2 is 1.43 bits per heavy atom. The van der Waals surface area contributed by atoms with E-state index in [4.69, 9.17) is 18.9 Å². The largest absolute Gasteiger partial charge is 0.513 e. The van der Waals surface area contributed by atoms with Crippen LogP contribution in [0.4, 0.5) is 10.5 Å². The van der Waals surface area contributed by atoms with E-state index >= 15 is 0 Å². The second-order valence-corrected chi connectivity index (χ2v) is 7.20. The summed E-state index contributed by atoms with van der Waals surface area (Å²) in [6, 6.07) is 18.1. The molecule has 9 heteroatoms. The fourth-order valence-electron chi connectivity index (χ4n) is 3.12. The zero-order chi connectivity index (χ0) is 25.2. The van der Waals surface area contributed by atoms with Crippen LogP contribution in [0.25, 0.3) is 0 Å². The number of hydrogen-bond acceptors (Lipinski definition) is 7. The van der Waals surface area contributed by atoms with Crippen LogP contribution in [0.1, 0.15) is 33.2 Å². The molecule has 9 nitrogen and oxygen atoms in total. The summed E-state index contributed by atoms with van der Waals surface area (Å²) in [4.78, 5) is 36.9. The number of nitrogens with one attached hydrogen (secondary N) is 2. The van der Waals surface area contributed by atoms with Gasteiger partial charge in [-0.25, -0.2) is 4.79 Å². The smallest absolute Gasteiger partial charge is 0.497 e. The molecule has 0 aliphatic rings. The highest BCUT2D eigenvalue weighted by Gasteiger charge is 2.13. The molecule has 3 aromatic carbocycles. The van der Waals surface area contributed by atoms with Gasteiger partial charge in [0, 0.05) is 29.4 Å². The van der Waals surface area contributed by atoms with Gasteiger partial charge in [-0.3, -0.25) is 9.59 Å². The lowest BCUT2D eigenvalue weighted by Gasteiger charge is -2.13. The first-order valence-electron chi connectivity index (χ1n) is 10.8. The van der Waals surface area contributed by atoms with E-state index in [2.05, 4.69) is 10.6 Å². The van der Waals surface area contributed by atoms with Gasteiger partial charge < -0.3 is 29.6 Å². The summed E-state index contributed by atoms with van der Waals surface area (Å²) in [5.74, 6) is 0.587. The van der Waals surface area contributed by atoms with E-state index in [0.29, 0.717) is 33.9 Å². The van der Waals surface area contributed by atoms with Crippen molar-refractivity contribution in [2.24, 2.45) is 0 Å². The van der Waals surface area contributed by atoms with Crippen molar-refractivity contribution in [3.05, 3.63) is 83.4 Å². The first kappa shape index (κ1) is 25.1. The molecule has 0 aliphatic heterocycles. The summed E-state index contributed by atoms with van der Waals surface area (Å²) in [6.07, 6.45) is -0.812. The number of amides is 2. The van der Waals surface area contributed by atoms with Crippen molar-refractivity contribution in [3.63, 3.8) is 0 Å². The van der Waals surface area contributed by atoms with Crippen LogP contribution in [0.15, 0.2) is 66.7 Å². The van der Waals surface area contributed by atoms with Gasteiger partial charge in [0.1, 0.15) is 17.2 Å².